The fourth-order valence-corrected chi connectivity index (χ4v) is 4.65. The lowest BCUT2D eigenvalue weighted by molar-refractivity contribution is -0.133. The number of carbonyl (C=O) groups is 2. The van der Waals surface area contributed by atoms with E-state index in [0.717, 1.165) is 0 Å². The Morgan fingerprint density at radius 1 is 1.16 bits per heavy atom. The molecule has 0 aliphatic carbocycles. The summed E-state index contributed by atoms with van der Waals surface area (Å²) in [6, 6.07) is 9.78. The van der Waals surface area contributed by atoms with E-state index in [4.69, 9.17) is 21.1 Å². The third kappa shape index (κ3) is 7.36. The minimum Gasteiger partial charge on any atom is -0.495 e. The average Bonchev–Trinajstić information content (AvgIpc) is 3.40. The molecule has 2 N–H and O–H groups in total. The second-order valence-electron chi connectivity index (χ2n) is 9.51. The molecule has 230 valence electrons. The van der Waals surface area contributed by atoms with Crippen molar-refractivity contribution in [1.82, 2.24) is 19.5 Å². The van der Waals surface area contributed by atoms with E-state index < -0.39 is 42.6 Å². The number of hydrogen-bond acceptors (Lipinski definition) is 7. The molecule has 4 aromatic rings. The number of aromatic nitrogens is 3. The van der Waals surface area contributed by atoms with Crippen LogP contribution < -0.4 is 20.9 Å². The Balaban J connectivity index is 1.64. The standard InChI is InChI=1S/C29H26ClF3N6O5/c1-43-10-6-23(38-16-25(44-2)21(13-26(38)40)20-11-18(30)4-3-17(20)14-34)28(42)37-19-5-9-39-24(12-19)22(15-36-39)27(41)35-8-7-29(31,32)33/h3-5,9,11-13,15-16,23H,6-8,10H2,1-2H3,(H,35,41)(H,37,42). The third-order valence-electron chi connectivity index (χ3n) is 6.62. The molecule has 3 aromatic heterocycles. The lowest BCUT2D eigenvalue weighted by atomic mass is 10.00. The SMILES string of the molecule is COCCC(C(=O)Nc1ccn2ncc(C(=O)NCCC(F)(F)F)c2c1)n1cc(OC)c(-c2cc(Cl)ccc2C#N)cc1=O. The average molecular weight is 631 g/mol. The molecule has 4 rings (SSSR count). The molecule has 0 aliphatic rings. The van der Waals surface area contributed by atoms with Crippen LogP contribution in [0.3, 0.4) is 0 Å². The number of fused-ring (bicyclic) bond motifs is 1. The van der Waals surface area contributed by atoms with Crippen molar-refractivity contribution in [2.75, 3.05) is 32.7 Å². The van der Waals surface area contributed by atoms with E-state index in [1.165, 1.54) is 72.2 Å². The minimum atomic E-state index is -4.42. The van der Waals surface area contributed by atoms with Crippen molar-refractivity contribution in [3.63, 3.8) is 0 Å². The smallest absolute Gasteiger partial charge is 0.390 e. The fourth-order valence-electron chi connectivity index (χ4n) is 4.48. The number of carbonyl (C=O) groups excluding carboxylic acids is 2. The van der Waals surface area contributed by atoms with Crippen LogP contribution in [0.4, 0.5) is 18.9 Å². The molecule has 0 aliphatic heterocycles. The van der Waals surface area contributed by atoms with Gasteiger partial charge in [0.05, 0.1) is 48.6 Å². The number of amides is 2. The second kappa shape index (κ2) is 13.6. The topological polar surface area (TPSA) is 140 Å². The second-order valence-corrected chi connectivity index (χ2v) is 9.95. The predicted molar refractivity (Wildman–Crippen MR) is 155 cm³/mol. The van der Waals surface area contributed by atoms with Crippen LogP contribution in [-0.2, 0) is 9.53 Å². The van der Waals surface area contributed by atoms with Gasteiger partial charge in [-0.1, -0.05) is 11.6 Å². The first-order valence-corrected chi connectivity index (χ1v) is 13.5. The normalized spacial score (nSPS) is 12.0. The van der Waals surface area contributed by atoms with E-state index >= 15 is 0 Å². The fraction of sp³-hybridized carbons (Fsp3) is 0.276. The summed E-state index contributed by atoms with van der Waals surface area (Å²) in [5.74, 6) is -1.15. The zero-order chi connectivity index (χ0) is 32.0. The summed E-state index contributed by atoms with van der Waals surface area (Å²) >= 11 is 6.14. The van der Waals surface area contributed by atoms with Crippen molar-refractivity contribution >= 4 is 34.6 Å². The predicted octanol–water partition coefficient (Wildman–Crippen LogP) is 4.60. The van der Waals surface area contributed by atoms with E-state index in [-0.39, 0.29) is 41.1 Å². The maximum atomic E-state index is 13.6. The molecule has 15 heteroatoms. The van der Waals surface area contributed by atoms with Crippen LogP contribution in [0, 0.1) is 11.3 Å². The number of methoxy groups -OCH3 is 2. The number of nitrogens with one attached hydrogen (secondary N) is 2. The van der Waals surface area contributed by atoms with Gasteiger partial charge in [-0.3, -0.25) is 19.0 Å². The Kier molecular flexibility index (Phi) is 9.92. The first kappa shape index (κ1) is 32.1. The minimum absolute atomic E-state index is 0.00787. The van der Waals surface area contributed by atoms with Crippen LogP contribution in [0.5, 0.6) is 5.75 Å². The van der Waals surface area contributed by atoms with Gasteiger partial charge >= 0.3 is 6.18 Å². The first-order valence-electron chi connectivity index (χ1n) is 13.1. The largest absolute Gasteiger partial charge is 0.495 e. The zero-order valence-corrected chi connectivity index (χ0v) is 24.2. The molecule has 3 heterocycles. The van der Waals surface area contributed by atoms with Crippen molar-refractivity contribution in [2.24, 2.45) is 0 Å². The lowest BCUT2D eigenvalue weighted by Crippen LogP contribution is -2.34. The number of halogens is 4. The number of nitriles is 1. The van der Waals surface area contributed by atoms with E-state index in [0.29, 0.717) is 16.1 Å². The Bertz CT molecular complexity index is 1800. The van der Waals surface area contributed by atoms with Crippen LogP contribution >= 0.6 is 11.6 Å². The van der Waals surface area contributed by atoms with Gasteiger partial charge in [0, 0.05) is 60.8 Å². The molecule has 0 saturated heterocycles. The van der Waals surface area contributed by atoms with Gasteiger partial charge in [0.15, 0.2) is 0 Å². The molecule has 0 saturated carbocycles. The summed E-state index contributed by atoms with van der Waals surface area (Å²) in [5, 5.41) is 18.9. The number of rotatable bonds is 11. The summed E-state index contributed by atoms with van der Waals surface area (Å²) in [7, 11) is 2.82. The van der Waals surface area contributed by atoms with Gasteiger partial charge in [-0.05, 0) is 30.3 Å². The number of ether oxygens (including phenoxy) is 2. The monoisotopic (exact) mass is 630 g/mol. The van der Waals surface area contributed by atoms with E-state index in [1.54, 1.807) is 6.07 Å². The van der Waals surface area contributed by atoms with Crippen molar-refractivity contribution in [3.05, 3.63) is 81.5 Å². The van der Waals surface area contributed by atoms with E-state index in [2.05, 4.69) is 21.8 Å². The van der Waals surface area contributed by atoms with Crippen LogP contribution in [0.25, 0.3) is 16.6 Å². The van der Waals surface area contributed by atoms with Gasteiger partial charge < -0.3 is 20.1 Å². The van der Waals surface area contributed by atoms with Crippen LogP contribution in [-0.4, -0.2) is 59.5 Å². The van der Waals surface area contributed by atoms with Crippen molar-refractivity contribution < 1.29 is 32.2 Å². The molecule has 44 heavy (non-hydrogen) atoms. The van der Waals surface area contributed by atoms with Crippen LogP contribution in [0.2, 0.25) is 5.02 Å². The summed E-state index contributed by atoms with van der Waals surface area (Å²) in [6.45, 7) is -0.491. The quantitative estimate of drug-likeness (QED) is 0.247. The van der Waals surface area contributed by atoms with Crippen LogP contribution in [0.15, 0.2) is 59.8 Å². The van der Waals surface area contributed by atoms with Gasteiger partial charge in [0.1, 0.15) is 11.8 Å². The number of anilines is 1. The van der Waals surface area contributed by atoms with E-state index in [1.807, 2.05) is 0 Å². The highest BCUT2D eigenvalue weighted by Gasteiger charge is 2.27. The maximum Gasteiger partial charge on any atom is 0.390 e. The summed E-state index contributed by atoms with van der Waals surface area (Å²) < 4.78 is 50.7. The molecule has 0 radical (unpaired) electrons. The van der Waals surface area contributed by atoms with Crippen molar-refractivity contribution in [1.29, 1.82) is 5.26 Å². The van der Waals surface area contributed by atoms with Crippen molar-refractivity contribution in [3.8, 4) is 22.9 Å². The highest BCUT2D eigenvalue weighted by Crippen LogP contribution is 2.33. The summed E-state index contributed by atoms with van der Waals surface area (Å²) in [5.41, 5.74) is 0.876. The molecule has 11 nitrogen and oxygen atoms in total. The molecule has 1 unspecified atom stereocenters. The summed E-state index contributed by atoms with van der Waals surface area (Å²) in [4.78, 5) is 39.5. The number of benzene rings is 1. The zero-order valence-electron chi connectivity index (χ0n) is 23.4. The van der Waals surface area contributed by atoms with Gasteiger partial charge in [-0.2, -0.15) is 23.5 Å². The van der Waals surface area contributed by atoms with Gasteiger partial charge in [-0.15, -0.1) is 0 Å². The molecule has 0 spiro atoms. The van der Waals surface area contributed by atoms with Gasteiger partial charge in [0.2, 0.25) is 5.91 Å². The highest BCUT2D eigenvalue weighted by atomic mass is 35.5. The molecule has 2 amide bonds. The third-order valence-corrected chi connectivity index (χ3v) is 6.85. The molecule has 0 bridgehead atoms. The Morgan fingerprint density at radius 3 is 2.61 bits per heavy atom. The van der Waals surface area contributed by atoms with Crippen molar-refractivity contribution in [2.45, 2.75) is 25.1 Å². The molecular formula is C29H26ClF3N6O5. The van der Waals surface area contributed by atoms with E-state index in [9.17, 15) is 32.8 Å². The number of alkyl halides is 3. The summed E-state index contributed by atoms with van der Waals surface area (Å²) in [6.07, 6.45) is -1.49. The number of nitrogens with zero attached hydrogens (tertiary/aromatic N) is 4. The van der Waals surface area contributed by atoms with Gasteiger partial charge in [0.25, 0.3) is 11.5 Å². The maximum absolute atomic E-state index is 13.6. The molecule has 0 fully saturated rings. The Morgan fingerprint density at radius 2 is 1.93 bits per heavy atom. The molecule has 1 atom stereocenters. The molecule has 1 aromatic carbocycles. The first-order chi connectivity index (χ1) is 20.9. The highest BCUT2D eigenvalue weighted by molar-refractivity contribution is 6.31. The molecular weight excluding hydrogens is 605 g/mol. The lowest BCUT2D eigenvalue weighted by Gasteiger charge is -2.21. The Labute approximate surface area is 253 Å². The number of hydrogen-bond donors (Lipinski definition) is 2. The Hall–Kier alpha value is -4.87. The van der Waals surface area contributed by atoms with Crippen LogP contribution in [0.1, 0.15) is 34.8 Å². The number of pyridine rings is 2. The van der Waals surface area contributed by atoms with Gasteiger partial charge in [-0.25, -0.2) is 4.52 Å².